The van der Waals surface area contributed by atoms with Crippen molar-refractivity contribution in [3.63, 3.8) is 0 Å². The Kier molecular flexibility index (Phi) is 6.24. The second-order valence-electron chi connectivity index (χ2n) is 5.55. The fourth-order valence-electron chi connectivity index (χ4n) is 1.29. The number of hydrogen-bond donors (Lipinski definition) is 1. The normalized spacial score (nSPS) is 15.8. The molecule has 1 aromatic heterocycles. The van der Waals surface area contributed by atoms with Crippen molar-refractivity contribution in [2.45, 2.75) is 49.7 Å². The van der Waals surface area contributed by atoms with Crippen LogP contribution >= 0.6 is 11.8 Å². The van der Waals surface area contributed by atoms with E-state index >= 15 is 0 Å². The van der Waals surface area contributed by atoms with E-state index in [2.05, 4.69) is 9.71 Å². The first-order valence-corrected chi connectivity index (χ1v) is 8.46. The molecule has 2 atom stereocenters. The second-order valence-corrected chi connectivity index (χ2v) is 8.55. The number of halogens is 3. The Morgan fingerprint density at radius 3 is 2.38 bits per heavy atom. The van der Waals surface area contributed by atoms with Crippen LogP contribution in [0.25, 0.3) is 0 Å². The molecule has 8 heteroatoms. The zero-order valence-electron chi connectivity index (χ0n) is 12.3. The van der Waals surface area contributed by atoms with E-state index in [-0.39, 0.29) is 10.8 Å². The summed E-state index contributed by atoms with van der Waals surface area (Å²) in [6, 6.07) is 3.05. The van der Waals surface area contributed by atoms with Crippen LogP contribution in [0.4, 0.5) is 13.2 Å². The van der Waals surface area contributed by atoms with Gasteiger partial charge < -0.3 is 0 Å². The summed E-state index contributed by atoms with van der Waals surface area (Å²) >= 11 is 0.649. The molecule has 1 rings (SSSR count). The molecule has 0 aliphatic rings. The lowest BCUT2D eigenvalue weighted by Crippen LogP contribution is -2.34. The maximum absolute atomic E-state index is 12.1. The first-order valence-electron chi connectivity index (χ1n) is 6.32. The van der Waals surface area contributed by atoms with Crippen LogP contribution in [-0.2, 0) is 11.0 Å². The Morgan fingerprint density at radius 1 is 1.33 bits per heavy atom. The molecule has 0 spiro atoms. The maximum atomic E-state index is 12.1. The van der Waals surface area contributed by atoms with E-state index in [1.54, 1.807) is 12.1 Å². The topological polar surface area (TPSA) is 42.0 Å². The molecule has 1 unspecified atom stereocenters. The number of rotatable bonds is 5. The first-order chi connectivity index (χ1) is 9.49. The number of alkyl halides is 3. The van der Waals surface area contributed by atoms with Gasteiger partial charge in [-0.2, -0.15) is 13.2 Å². The minimum atomic E-state index is -4.20. The predicted molar refractivity (Wildman–Crippen MR) is 80.5 cm³/mol. The van der Waals surface area contributed by atoms with Crippen LogP contribution in [0.3, 0.4) is 0 Å². The summed E-state index contributed by atoms with van der Waals surface area (Å²) in [7, 11) is -1.22. The standard InChI is InChI=1S/C13H19F3N2OS2/c1-9(18-21(19)12(2,3)4)10-5-6-11(17-7-10)20-8-13(14,15)16/h5-7,9,18H,8H2,1-4H3/t9?,21-/m1/s1. The van der Waals surface area contributed by atoms with Crippen molar-refractivity contribution in [2.75, 3.05) is 5.75 Å². The van der Waals surface area contributed by atoms with Crippen molar-refractivity contribution < 1.29 is 17.4 Å². The van der Waals surface area contributed by atoms with Crippen LogP contribution in [0, 0.1) is 0 Å². The van der Waals surface area contributed by atoms with Gasteiger partial charge in [0.1, 0.15) is 0 Å². The van der Waals surface area contributed by atoms with Gasteiger partial charge in [-0.05, 0) is 39.3 Å². The van der Waals surface area contributed by atoms with Gasteiger partial charge in [0, 0.05) is 12.2 Å². The smallest absolute Gasteiger partial charge is 0.250 e. The molecule has 1 aromatic rings. The highest BCUT2D eigenvalue weighted by Crippen LogP contribution is 2.26. The lowest BCUT2D eigenvalue weighted by molar-refractivity contribution is -0.105. The molecule has 1 heterocycles. The van der Waals surface area contributed by atoms with E-state index in [9.17, 15) is 17.4 Å². The highest BCUT2D eigenvalue weighted by atomic mass is 32.2. The van der Waals surface area contributed by atoms with Gasteiger partial charge >= 0.3 is 6.18 Å². The van der Waals surface area contributed by atoms with Crippen LogP contribution in [0.1, 0.15) is 39.3 Å². The van der Waals surface area contributed by atoms with E-state index < -0.39 is 22.9 Å². The number of nitrogens with one attached hydrogen (secondary N) is 1. The van der Waals surface area contributed by atoms with Crippen molar-refractivity contribution >= 4 is 22.7 Å². The first kappa shape index (κ1) is 18.4. The monoisotopic (exact) mass is 340 g/mol. The largest absolute Gasteiger partial charge is 0.398 e. The summed E-state index contributed by atoms with van der Waals surface area (Å²) in [4.78, 5) is 4.00. The molecule has 0 saturated heterocycles. The van der Waals surface area contributed by atoms with E-state index in [1.165, 1.54) is 6.20 Å². The lowest BCUT2D eigenvalue weighted by atomic mass is 10.2. The summed E-state index contributed by atoms with van der Waals surface area (Å²) in [6.45, 7) is 7.41. The third-order valence-electron chi connectivity index (χ3n) is 2.48. The van der Waals surface area contributed by atoms with Gasteiger partial charge in [0.25, 0.3) is 0 Å². The number of hydrogen-bond acceptors (Lipinski definition) is 3. The van der Waals surface area contributed by atoms with Crippen LogP contribution in [0.5, 0.6) is 0 Å². The summed E-state index contributed by atoms with van der Waals surface area (Å²) < 4.78 is 50.9. The Labute approximate surface area is 129 Å². The van der Waals surface area contributed by atoms with Crippen molar-refractivity contribution in [2.24, 2.45) is 0 Å². The van der Waals surface area contributed by atoms with Crippen molar-refractivity contribution in [1.29, 1.82) is 0 Å². The second kappa shape index (κ2) is 7.11. The van der Waals surface area contributed by atoms with Gasteiger partial charge in [-0.3, -0.25) is 0 Å². The third-order valence-corrected chi connectivity index (χ3v) is 5.17. The van der Waals surface area contributed by atoms with E-state index in [0.717, 1.165) is 5.56 Å². The van der Waals surface area contributed by atoms with Gasteiger partial charge in [0.05, 0.1) is 26.5 Å². The van der Waals surface area contributed by atoms with Gasteiger partial charge in [-0.25, -0.2) is 13.9 Å². The van der Waals surface area contributed by atoms with Crippen LogP contribution in [0.15, 0.2) is 23.4 Å². The van der Waals surface area contributed by atoms with E-state index in [0.29, 0.717) is 16.8 Å². The Morgan fingerprint density at radius 2 is 1.95 bits per heavy atom. The fourth-order valence-corrected chi connectivity index (χ4v) is 2.71. The highest BCUT2D eigenvalue weighted by molar-refractivity contribution is 7.99. The zero-order chi connectivity index (χ0) is 16.3. The average Bonchev–Trinajstić information content (AvgIpc) is 2.35. The molecule has 0 aromatic carbocycles. The number of nitrogens with zero attached hydrogens (tertiary/aromatic N) is 1. The molecule has 120 valence electrons. The van der Waals surface area contributed by atoms with E-state index in [4.69, 9.17) is 0 Å². The summed E-state index contributed by atoms with van der Waals surface area (Å²) in [6.07, 6.45) is -2.69. The molecule has 0 bridgehead atoms. The van der Waals surface area contributed by atoms with Crippen LogP contribution in [-0.4, -0.2) is 25.9 Å². The van der Waals surface area contributed by atoms with Gasteiger partial charge in [0.15, 0.2) is 0 Å². The lowest BCUT2D eigenvalue weighted by Gasteiger charge is -2.22. The Balaban J connectivity index is 2.63. The quantitative estimate of drug-likeness (QED) is 0.828. The number of pyridine rings is 1. The average molecular weight is 340 g/mol. The van der Waals surface area contributed by atoms with Gasteiger partial charge in [-0.1, -0.05) is 17.8 Å². The molecule has 3 nitrogen and oxygen atoms in total. The molecule has 1 N–H and O–H groups in total. The molecule has 0 aliphatic carbocycles. The van der Waals surface area contributed by atoms with Crippen molar-refractivity contribution in [3.05, 3.63) is 23.9 Å². The van der Waals surface area contributed by atoms with Crippen molar-refractivity contribution in [3.8, 4) is 0 Å². The third kappa shape index (κ3) is 6.80. The Bertz CT molecular complexity index is 484. The van der Waals surface area contributed by atoms with Crippen molar-refractivity contribution in [1.82, 2.24) is 9.71 Å². The maximum Gasteiger partial charge on any atom is 0.398 e. The summed E-state index contributed by atoms with van der Waals surface area (Å²) in [5.41, 5.74) is 0.781. The minimum absolute atomic E-state index is 0.195. The van der Waals surface area contributed by atoms with Gasteiger partial charge in [-0.15, -0.1) is 0 Å². The Hall–Kier alpha value is -0.600. The van der Waals surface area contributed by atoms with Crippen LogP contribution in [0.2, 0.25) is 0 Å². The highest BCUT2D eigenvalue weighted by Gasteiger charge is 2.27. The SMILES string of the molecule is CC(N[S@](=O)C(C)(C)C)c1ccc(SCC(F)(F)F)nc1. The molecule has 0 saturated carbocycles. The minimum Gasteiger partial charge on any atom is -0.250 e. The molecule has 0 aliphatic heterocycles. The summed E-state index contributed by atoms with van der Waals surface area (Å²) in [5.74, 6) is -0.957. The molecular weight excluding hydrogens is 321 g/mol. The van der Waals surface area contributed by atoms with E-state index in [1.807, 2.05) is 27.7 Å². The molecule has 0 amide bonds. The van der Waals surface area contributed by atoms with Crippen LogP contribution < -0.4 is 4.72 Å². The fraction of sp³-hybridized carbons (Fsp3) is 0.615. The molecule has 0 fully saturated rings. The molecule has 0 radical (unpaired) electrons. The predicted octanol–water partition coefficient (Wildman–Crippen LogP) is 3.85. The zero-order valence-corrected chi connectivity index (χ0v) is 14.0. The number of aromatic nitrogens is 1. The molecular formula is C13H19F3N2OS2. The molecule has 21 heavy (non-hydrogen) atoms. The summed E-state index contributed by atoms with van der Waals surface area (Å²) in [5, 5.41) is 0.320. The van der Waals surface area contributed by atoms with Gasteiger partial charge in [0.2, 0.25) is 0 Å². The number of thioether (sulfide) groups is 1.